The quantitative estimate of drug-likeness (QED) is 0.899. The van der Waals surface area contributed by atoms with Crippen molar-refractivity contribution in [2.75, 3.05) is 5.32 Å². The molecule has 0 unspecified atom stereocenters. The third-order valence-corrected chi connectivity index (χ3v) is 3.79. The normalized spacial score (nSPS) is 9.83. The molecule has 0 fully saturated rings. The van der Waals surface area contributed by atoms with Crippen LogP contribution in [0, 0.1) is 25.2 Å². The summed E-state index contributed by atoms with van der Waals surface area (Å²) in [5.41, 5.74) is 1.99. The molecule has 1 N–H and O–H groups in total. The van der Waals surface area contributed by atoms with Crippen molar-refractivity contribution in [3.63, 3.8) is 0 Å². The monoisotopic (exact) mass is 257 g/mol. The molecule has 2 rings (SSSR count). The molecule has 0 spiro atoms. The number of nitrogens with zero attached hydrogens (tertiary/aromatic N) is 2. The number of hydrogen-bond donors (Lipinski definition) is 1. The highest BCUT2D eigenvalue weighted by atomic mass is 32.1. The molecule has 0 aromatic carbocycles. The van der Waals surface area contributed by atoms with Gasteiger partial charge >= 0.3 is 0 Å². The van der Waals surface area contributed by atoms with Crippen LogP contribution in [0.5, 0.6) is 0 Å². The SMILES string of the molecule is Cc1sc(NC(=O)c2ccncc2)c(C#N)c1C. The van der Waals surface area contributed by atoms with Crippen LogP contribution < -0.4 is 5.32 Å². The van der Waals surface area contributed by atoms with Gasteiger partial charge in [0, 0.05) is 22.8 Å². The van der Waals surface area contributed by atoms with Gasteiger partial charge in [-0.05, 0) is 31.5 Å². The highest BCUT2D eigenvalue weighted by molar-refractivity contribution is 7.16. The Bertz CT molecular complexity index is 626. The van der Waals surface area contributed by atoms with Gasteiger partial charge < -0.3 is 5.32 Å². The summed E-state index contributed by atoms with van der Waals surface area (Å²) in [6, 6.07) is 5.39. The lowest BCUT2D eigenvalue weighted by Gasteiger charge is -2.02. The molecule has 0 aliphatic heterocycles. The fourth-order valence-electron chi connectivity index (χ4n) is 1.53. The standard InChI is InChI=1S/C13H11N3OS/c1-8-9(2)18-13(11(8)7-14)16-12(17)10-3-5-15-6-4-10/h3-6H,1-2H3,(H,16,17). The van der Waals surface area contributed by atoms with Crippen LogP contribution in [-0.2, 0) is 0 Å². The van der Waals surface area contributed by atoms with E-state index in [0.717, 1.165) is 10.4 Å². The number of hydrogen-bond acceptors (Lipinski definition) is 4. The van der Waals surface area contributed by atoms with Gasteiger partial charge in [0.1, 0.15) is 11.1 Å². The van der Waals surface area contributed by atoms with E-state index in [1.165, 1.54) is 11.3 Å². The maximum atomic E-state index is 12.0. The predicted octanol–water partition coefficient (Wildman–Crippen LogP) is 2.88. The number of anilines is 1. The molecule has 2 aromatic rings. The van der Waals surface area contributed by atoms with Crippen molar-refractivity contribution >= 4 is 22.2 Å². The average Bonchev–Trinajstić information content (AvgIpc) is 2.65. The zero-order valence-corrected chi connectivity index (χ0v) is 10.8. The van der Waals surface area contributed by atoms with Gasteiger partial charge in [0.25, 0.3) is 5.91 Å². The minimum absolute atomic E-state index is 0.227. The lowest BCUT2D eigenvalue weighted by Crippen LogP contribution is -2.11. The minimum Gasteiger partial charge on any atom is -0.312 e. The van der Waals surface area contributed by atoms with Crippen LogP contribution in [0.4, 0.5) is 5.00 Å². The summed E-state index contributed by atoms with van der Waals surface area (Å²) in [7, 11) is 0. The summed E-state index contributed by atoms with van der Waals surface area (Å²) in [6.45, 7) is 3.81. The molecule has 0 aliphatic rings. The second-order valence-electron chi connectivity index (χ2n) is 3.79. The molecule has 2 heterocycles. The molecule has 0 aliphatic carbocycles. The van der Waals surface area contributed by atoms with Gasteiger partial charge in [-0.15, -0.1) is 11.3 Å². The summed E-state index contributed by atoms with van der Waals surface area (Å²) in [6.07, 6.45) is 3.12. The van der Waals surface area contributed by atoms with Crippen molar-refractivity contribution in [1.82, 2.24) is 4.98 Å². The second kappa shape index (κ2) is 4.98. The lowest BCUT2D eigenvalue weighted by molar-refractivity contribution is 0.102. The summed E-state index contributed by atoms with van der Waals surface area (Å²) in [4.78, 5) is 16.9. The van der Waals surface area contributed by atoms with Crippen LogP contribution >= 0.6 is 11.3 Å². The molecule has 0 bridgehead atoms. The van der Waals surface area contributed by atoms with Gasteiger partial charge in [-0.25, -0.2) is 0 Å². The number of amides is 1. The molecular formula is C13H11N3OS. The maximum Gasteiger partial charge on any atom is 0.256 e. The van der Waals surface area contributed by atoms with E-state index in [4.69, 9.17) is 5.26 Å². The third-order valence-electron chi connectivity index (χ3n) is 2.67. The number of thiophene rings is 1. The van der Waals surface area contributed by atoms with Crippen LogP contribution in [0.1, 0.15) is 26.4 Å². The van der Waals surface area contributed by atoms with Crippen molar-refractivity contribution in [2.24, 2.45) is 0 Å². The van der Waals surface area contributed by atoms with Crippen LogP contribution in [0.3, 0.4) is 0 Å². The number of aromatic nitrogens is 1. The summed E-state index contributed by atoms with van der Waals surface area (Å²) < 4.78 is 0. The first kappa shape index (κ1) is 12.3. The number of aryl methyl sites for hydroxylation is 1. The Morgan fingerprint density at radius 1 is 1.39 bits per heavy atom. The predicted molar refractivity (Wildman–Crippen MR) is 70.7 cm³/mol. The minimum atomic E-state index is -0.227. The topological polar surface area (TPSA) is 65.8 Å². The van der Waals surface area contributed by atoms with E-state index in [9.17, 15) is 4.79 Å². The number of nitrogens with one attached hydrogen (secondary N) is 1. The fourth-order valence-corrected chi connectivity index (χ4v) is 2.53. The van der Waals surface area contributed by atoms with Gasteiger partial charge in [0.05, 0.1) is 5.56 Å². The number of rotatable bonds is 2. The zero-order chi connectivity index (χ0) is 13.1. The van der Waals surface area contributed by atoms with E-state index >= 15 is 0 Å². The Morgan fingerprint density at radius 2 is 2.06 bits per heavy atom. The fraction of sp³-hybridized carbons (Fsp3) is 0.154. The summed E-state index contributed by atoms with van der Waals surface area (Å²) >= 11 is 1.42. The van der Waals surface area contributed by atoms with Gasteiger partial charge in [-0.1, -0.05) is 0 Å². The molecule has 2 aromatic heterocycles. The van der Waals surface area contributed by atoms with Crippen molar-refractivity contribution < 1.29 is 4.79 Å². The van der Waals surface area contributed by atoms with E-state index in [-0.39, 0.29) is 5.91 Å². The van der Waals surface area contributed by atoms with Crippen LogP contribution in [0.25, 0.3) is 0 Å². The molecule has 18 heavy (non-hydrogen) atoms. The maximum absolute atomic E-state index is 12.0. The smallest absolute Gasteiger partial charge is 0.256 e. The van der Waals surface area contributed by atoms with Crippen molar-refractivity contribution in [3.05, 3.63) is 46.1 Å². The zero-order valence-electron chi connectivity index (χ0n) is 10.0. The highest BCUT2D eigenvalue weighted by Gasteiger charge is 2.15. The number of pyridine rings is 1. The van der Waals surface area contributed by atoms with E-state index in [2.05, 4.69) is 16.4 Å². The molecular weight excluding hydrogens is 246 g/mol. The molecule has 0 radical (unpaired) electrons. The third kappa shape index (κ3) is 2.24. The number of carbonyl (C=O) groups is 1. The molecule has 5 heteroatoms. The largest absolute Gasteiger partial charge is 0.312 e. The van der Waals surface area contributed by atoms with Crippen LogP contribution in [-0.4, -0.2) is 10.9 Å². The van der Waals surface area contributed by atoms with Gasteiger partial charge in [-0.2, -0.15) is 5.26 Å². The van der Waals surface area contributed by atoms with Crippen molar-refractivity contribution in [3.8, 4) is 6.07 Å². The van der Waals surface area contributed by atoms with Crippen LogP contribution in [0.15, 0.2) is 24.5 Å². The Balaban J connectivity index is 2.28. The van der Waals surface area contributed by atoms with Crippen molar-refractivity contribution in [1.29, 1.82) is 5.26 Å². The Labute approximate surface area is 109 Å². The highest BCUT2D eigenvalue weighted by Crippen LogP contribution is 2.31. The first-order valence-corrected chi connectivity index (χ1v) is 6.16. The molecule has 0 saturated carbocycles. The average molecular weight is 257 g/mol. The van der Waals surface area contributed by atoms with Gasteiger partial charge in [0.15, 0.2) is 0 Å². The Hall–Kier alpha value is -2.19. The van der Waals surface area contributed by atoms with Crippen LogP contribution in [0.2, 0.25) is 0 Å². The van der Waals surface area contributed by atoms with E-state index < -0.39 is 0 Å². The van der Waals surface area contributed by atoms with E-state index in [0.29, 0.717) is 16.1 Å². The number of nitriles is 1. The lowest BCUT2D eigenvalue weighted by atomic mass is 10.2. The first-order chi connectivity index (χ1) is 8.63. The van der Waals surface area contributed by atoms with Crippen molar-refractivity contribution in [2.45, 2.75) is 13.8 Å². The van der Waals surface area contributed by atoms with E-state index in [1.54, 1.807) is 24.5 Å². The molecule has 1 amide bonds. The Kier molecular flexibility index (Phi) is 3.40. The van der Waals surface area contributed by atoms with Gasteiger partial charge in [0.2, 0.25) is 0 Å². The molecule has 0 saturated heterocycles. The molecule has 90 valence electrons. The second-order valence-corrected chi connectivity index (χ2v) is 5.01. The molecule has 0 atom stereocenters. The molecule has 4 nitrogen and oxygen atoms in total. The Morgan fingerprint density at radius 3 is 2.67 bits per heavy atom. The van der Waals surface area contributed by atoms with E-state index in [1.807, 2.05) is 13.8 Å². The summed E-state index contributed by atoms with van der Waals surface area (Å²) in [5.74, 6) is -0.227. The first-order valence-electron chi connectivity index (χ1n) is 5.35. The number of carbonyl (C=O) groups excluding carboxylic acids is 1. The van der Waals surface area contributed by atoms with Gasteiger partial charge in [-0.3, -0.25) is 9.78 Å². The summed E-state index contributed by atoms with van der Waals surface area (Å²) in [5, 5.41) is 12.5.